The van der Waals surface area contributed by atoms with Crippen LogP contribution in [0.25, 0.3) is 0 Å². The van der Waals surface area contributed by atoms with Crippen LogP contribution in [0, 0.1) is 0 Å². The predicted octanol–water partition coefficient (Wildman–Crippen LogP) is 4.58. The first-order valence-electron chi connectivity index (χ1n) is 13.0. The van der Waals surface area contributed by atoms with Gasteiger partial charge in [0.1, 0.15) is 17.2 Å². The smallest absolute Gasteiger partial charge is 0.257 e. The van der Waals surface area contributed by atoms with Gasteiger partial charge in [0.05, 0.1) is 20.3 Å². The molecule has 210 valence electrons. The molecule has 10 heteroatoms. The number of hydrogen-bond donors (Lipinski definition) is 2. The maximum atomic E-state index is 13.1. The van der Waals surface area contributed by atoms with E-state index in [9.17, 15) is 9.59 Å². The molecular weight excluding hydrogens is 528 g/mol. The summed E-state index contributed by atoms with van der Waals surface area (Å²) in [5, 5.41) is 5.96. The zero-order valence-corrected chi connectivity index (χ0v) is 23.9. The number of nitrogens with zero attached hydrogens (tertiary/aromatic N) is 2. The predicted molar refractivity (Wildman–Crippen MR) is 160 cm³/mol. The molecule has 0 aliphatic carbocycles. The van der Waals surface area contributed by atoms with E-state index >= 15 is 0 Å². The molecule has 1 heterocycles. The Morgan fingerprint density at radius 2 is 1.40 bits per heavy atom. The van der Waals surface area contributed by atoms with E-state index in [1.165, 1.54) is 0 Å². The molecule has 0 radical (unpaired) electrons. The zero-order chi connectivity index (χ0) is 28.6. The maximum Gasteiger partial charge on any atom is 0.257 e. The summed E-state index contributed by atoms with van der Waals surface area (Å²) in [5.41, 5.74) is 2.83. The van der Waals surface area contributed by atoms with Crippen molar-refractivity contribution in [2.24, 2.45) is 0 Å². The molecule has 1 aliphatic heterocycles. The van der Waals surface area contributed by atoms with Crippen LogP contribution in [-0.2, 0) is 0 Å². The Morgan fingerprint density at radius 3 is 1.95 bits per heavy atom. The number of carbonyl (C=O) groups excluding carboxylic acids is 2. The number of ether oxygens (including phenoxy) is 3. The second-order valence-electron chi connectivity index (χ2n) is 9.53. The number of benzene rings is 3. The van der Waals surface area contributed by atoms with Crippen molar-refractivity contribution in [2.45, 2.75) is 20.0 Å². The molecule has 0 unspecified atom stereocenters. The summed E-state index contributed by atoms with van der Waals surface area (Å²) in [4.78, 5) is 29.7. The zero-order valence-electron chi connectivity index (χ0n) is 23.1. The fourth-order valence-corrected chi connectivity index (χ4v) is 4.54. The third-order valence-corrected chi connectivity index (χ3v) is 6.58. The summed E-state index contributed by atoms with van der Waals surface area (Å²) in [6, 6.07) is 19.9. The van der Waals surface area contributed by atoms with Crippen LogP contribution in [0.1, 0.15) is 34.6 Å². The fourth-order valence-electron chi connectivity index (χ4n) is 4.33. The Bertz CT molecular complexity index is 1310. The largest absolute Gasteiger partial charge is 0.497 e. The van der Waals surface area contributed by atoms with E-state index in [-0.39, 0.29) is 23.0 Å². The first-order valence-corrected chi connectivity index (χ1v) is 13.4. The molecule has 40 heavy (non-hydrogen) atoms. The lowest BCUT2D eigenvalue weighted by molar-refractivity contribution is 0.0745. The van der Waals surface area contributed by atoms with Gasteiger partial charge in [0, 0.05) is 54.7 Å². The summed E-state index contributed by atoms with van der Waals surface area (Å²) in [6.45, 7) is 6.49. The minimum atomic E-state index is -0.301. The number of piperazine rings is 1. The van der Waals surface area contributed by atoms with E-state index in [4.69, 9.17) is 26.4 Å². The molecule has 0 atom stereocenters. The van der Waals surface area contributed by atoms with E-state index in [2.05, 4.69) is 15.5 Å². The summed E-state index contributed by atoms with van der Waals surface area (Å²) < 4.78 is 16.2. The topological polar surface area (TPSA) is 92.4 Å². The number of rotatable bonds is 8. The number of carbonyl (C=O) groups is 2. The summed E-state index contributed by atoms with van der Waals surface area (Å²) in [6.07, 6.45) is 0.0615. The molecule has 0 saturated carbocycles. The second-order valence-corrected chi connectivity index (χ2v) is 9.93. The molecule has 2 N–H and O–H groups in total. The number of thiocarbonyl (C=S) groups is 1. The highest BCUT2D eigenvalue weighted by Crippen LogP contribution is 2.25. The Labute approximate surface area is 240 Å². The lowest BCUT2D eigenvalue weighted by Crippen LogP contribution is -2.48. The average Bonchev–Trinajstić information content (AvgIpc) is 2.97. The highest BCUT2D eigenvalue weighted by molar-refractivity contribution is 7.80. The monoisotopic (exact) mass is 562 g/mol. The van der Waals surface area contributed by atoms with Gasteiger partial charge >= 0.3 is 0 Å². The molecule has 3 aromatic carbocycles. The van der Waals surface area contributed by atoms with Gasteiger partial charge in [0.2, 0.25) is 0 Å². The van der Waals surface area contributed by atoms with E-state index in [0.29, 0.717) is 54.6 Å². The first kappa shape index (κ1) is 28.7. The van der Waals surface area contributed by atoms with Gasteiger partial charge in [-0.1, -0.05) is 0 Å². The van der Waals surface area contributed by atoms with Gasteiger partial charge in [-0.3, -0.25) is 14.9 Å². The van der Waals surface area contributed by atoms with Crippen LogP contribution in [-0.4, -0.2) is 68.3 Å². The SMILES string of the molecule is COc1cc(OC)cc(C(=O)N2CCN(c3ccc(NC(=S)NC(=O)c4ccc(OC(C)C)cc4)cc3)CC2)c1. The number of nitrogens with one attached hydrogen (secondary N) is 2. The van der Waals surface area contributed by atoms with Crippen LogP contribution in [0.5, 0.6) is 17.2 Å². The van der Waals surface area contributed by atoms with Crippen molar-refractivity contribution < 1.29 is 23.8 Å². The molecule has 1 saturated heterocycles. The summed E-state index contributed by atoms with van der Waals surface area (Å²) >= 11 is 5.33. The minimum Gasteiger partial charge on any atom is -0.497 e. The van der Waals surface area contributed by atoms with Gasteiger partial charge < -0.3 is 29.3 Å². The normalized spacial score (nSPS) is 13.0. The lowest BCUT2D eigenvalue weighted by atomic mass is 10.1. The van der Waals surface area contributed by atoms with Crippen LogP contribution in [0.2, 0.25) is 0 Å². The standard InChI is InChI=1S/C30H34N4O5S/c1-20(2)39-25-11-5-21(6-12-25)28(35)32-30(40)31-23-7-9-24(10-8-23)33-13-15-34(16-14-33)29(36)22-17-26(37-3)19-27(18-22)38-4/h5-12,17-20H,13-16H2,1-4H3,(H2,31,32,35,40). The van der Waals surface area contributed by atoms with Gasteiger partial charge in [-0.05, 0) is 86.7 Å². The van der Waals surface area contributed by atoms with Gasteiger partial charge in [-0.2, -0.15) is 0 Å². The van der Waals surface area contributed by atoms with Crippen molar-refractivity contribution in [2.75, 3.05) is 50.6 Å². The quantitative estimate of drug-likeness (QED) is 0.386. The summed E-state index contributed by atoms with van der Waals surface area (Å²) in [5.74, 6) is 1.52. The molecule has 2 amide bonds. The molecule has 0 bridgehead atoms. The van der Waals surface area contributed by atoms with Crippen LogP contribution in [0.3, 0.4) is 0 Å². The number of amides is 2. The first-order chi connectivity index (χ1) is 19.2. The Morgan fingerprint density at radius 1 is 0.800 bits per heavy atom. The van der Waals surface area contributed by atoms with Crippen LogP contribution >= 0.6 is 12.2 Å². The van der Waals surface area contributed by atoms with Crippen molar-refractivity contribution in [3.05, 3.63) is 77.9 Å². The molecule has 1 aliphatic rings. The third-order valence-electron chi connectivity index (χ3n) is 6.37. The van der Waals surface area contributed by atoms with Crippen molar-refractivity contribution in [3.8, 4) is 17.2 Å². The molecule has 3 aromatic rings. The number of methoxy groups -OCH3 is 2. The fraction of sp³-hybridized carbons (Fsp3) is 0.300. The van der Waals surface area contributed by atoms with Crippen LogP contribution < -0.4 is 29.7 Å². The third kappa shape index (κ3) is 7.41. The van der Waals surface area contributed by atoms with Gasteiger partial charge in [0.15, 0.2) is 5.11 Å². The summed E-state index contributed by atoms with van der Waals surface area (Å²) in [7, 11) is 3.13. The average molecular weight is 563 g/mol. The maximum absolute atomic E-state index is 13.1. The van der Waals surface area contributed by atoms with Crippen molar-refractivity contribution in [3.63, 3.8) is 0 Å². The van der Waals surface area contributed by atoms with Gasteiger partial charge in [0.25, 0.3) is 11.8 Å². The van der Waals surface area contributed by atoms with E-state index in [1.807, 2.05) is 43.0 Å². The van der Waals surface area contributed by atoms with Crippen LogP contribution in [0.4, 0.5) is 11.4 Å². The van der Waals surface area contributed by atoms with Gasteiger partial charge in [-0.25, -0.2) is 0 Å². The lowest BCUT2D eigenvalue weighted by Gasteiger charge is -2.36. The van der Waals surface area contributed by atoms with Crippen LogP contribution in [0.15, 0.2) is 66.7 Å². The Hall–Kier alpha value is -4.31. The molecule has 4 rings (SSSR count). The van der Waals surface area contributed by atoms with Gasteiger partial charge in [-0.15, -0.1) is 0 Å². The molecule has 9 nitrogen and oxygen atoms in total. The Kier molecular flexibility index (Phi) is 9.44. The van der Waals surface area contributed by atoms with E-state index in [0.717, 1.165) is 11.4 Å². The van der Waals surface area contributed by atoms with Crippen molar-refractivity contribution >= 4 is 40.5 Å². The van der Waals surface area contributed by atoms with Crippen molar-refractivity contribution in [1.82, 2.24) is 10.2 Å². The second kappa shape index (κ2) is 13.2. The van der Waals surface area contributed by atoms with Crippen molar-refractivity contribution in [1.29, 1.82) is 0 Å². The molecule has 0 aromatic heterocycles. The van der Waals surface area contributed by atoms with E-state index < -0.39 is 0 Å². The molecule has 1 fully saturated rings. The molecular formula is C30H34N4O5S. The molecule has 0 spiro atoms. The number of anilines is 2. The minimum absolute atomic E-state index is 0.0493. The highest BCUT2D eigenvalue weighted by atomic mass is 32.1. The Balaban J connectivity index is 1.27. The highest BCUT2D eigenvalue weighted by Gasteiger charge is 2.23. The number of hydrogen-bond acceptors (Lipinski definition) is 7. The van der Waals surface area contributed by atoms with E-state index in [1.54, 1.807) is 56.7 Å².